The van der Waals surface area contributed by atoms with E-state index < -0.39 is 72.8 Å². The van der Waals surface area contributed by atoms with E-state index in [1.54, 1.807) is 26.0 Å². The van der Waals surface area contributed by atoms with Crippen LogP contribution in [0.2, 0.25) is 0 Å². The third-order valence-corrected chi connectivity index (χ3v) is 6.39. The van der Waals surface area contributed by atoms with Crippen molar-refractivity contribution in [3.8, 4) is 11.5 Å². The molecule has 3 rings (SSSR count). The molecule has 5 atom stereocenters. The van der Waals surface area contributed by atoms with Crippen molar-refractivity contribution in [1.29, 1.82) is 0 Å². The first kappa shape index (κ1) is 32.8. The summed E-state index contributed by atoms with van der Waals surface area (Å²) in [6, 6.07) is 9.02. The van der Waals surface area contributed by atoms with Crippen LogP contribution in [0.25, 0.3) is 0 Å². The summed E-state index contributed by atoms with van der Waals surface area (Å²) in [5, 5.41) is 2.46. The first-order valence-corrected chi connectivity index (χ1v) is 13.7. The summed E-state index contributed by atoms with van der Waals surface area (Å²) in [4.78, 5) is 68.0. The minimum atomic E-state index is -1.46. The van der Waals surface area contributed by atoms with Gasteiger partial charge in [0, 0.05) is 26.1 Å². The van der Waals surface area contributed by atoms with Crippen LogP contribution in [0.3, 0.4) is 0 Å². The summed E-state index contributed by atoms with van der Waals surface area (Å²) in [6.07, 6.45) is -1.92. The molecule has 1 saturated heterocycles. The third-order valence-electron chi connectivity index (χ3n) is 6.39. The zero-order valence-electron chi connectivity index (χ0n) is 24.9. The summed E-state index contributed by atoms with van der Waals surface area (Å²) >= 11 is 0. The molecule has 1 aliphatic heterocycles. The van der Waals surface area contributed by atoms with Gasteiger partial charge >= 0.3 is 23.9 Å². The van der Waals surface area contributed by atoms with E-state index in [1.165, 1.54) is 40.1 Å². The van der Waals surface area contributed by atoms with E-state index in [0.717, 1.165) is 5.56 Å². The van der Waals surface area contributed by atoms with Crippen molar-refractivity contribution in [2.24, 2.45) is 11.8 Å². The maximum absolute atomic E-state index is 13.4. The second-order valence-corrected chi connectivity index (χ2v) is 10.1. The summed E-state index contributed by atoms with van der Waals surface area (Å²) in [5.41, 5.74) is 0.480. The molecule has 13 heteroatoms. The fourth-order valence-corrected chi connectivity index (χ4v) is 4.27. The molecule has 43 heavy (non-hydrogen) atoms. The molecular formula is C30H36N2O11. The molecular weight excluding hydrogens is 564 g/mol. The summed E-state index contributed by atoms with van der Waals surface area (Å²) in [6.45, 7) is 6.83. The van der Waals surface area contributed by atoms with Crippen molar-refractivity contribution in [2.75, 3.05) is 13.7 Å². The number of nitrogens with zero attached hydrogens (tertiary/aromatic N) is 1. The number of amides is 1. The first-order valence-electron chi connectivity index (χ1n) is 13.7. The van der Waals surface area contributed by atoms with Crippen LogP contribution in [0.5, 0.6) is 11.5 Å². The van der Waals surface area contributed by atoms with Crippen LogP contribution >= 0.6 is 0 Å². The smallest absolute Gasteiger partial charge is 0.332 e. The number of aromatic nitrogens is 1. The number of carbonyl (C=O) groups is 5. The number of nitrogens with one attached hydrogen (secondary N) is 1. The zero-order chi connectivity index (χ0) is 31.7. The molecule has 13 nitrogen and oxygen atoms in total. The average molecular weight is 601 g/mol. The Hall–Kier alpha value is -4.68. The highest BCUT2D eigenvalue weighted by atomic mass is 16.7. The molecule has 0 saturated carbocycles. The molecule has 2 aromatic rings. The Kier molecular flexibility index (Phi) is 11.4. The van der Waals surface area contributed by atoms with Crippen molar-refractivity contribution in [3.63, 3.8) is 0 Å². The van der Waals surface area contributed by atoms with Gasteiger partial charge in [-0.3, -0.25) is 19.2 Å². The Morgan fingerprint density at radius 1 is 1.07 bits per heavy atom. The van der Waals surface area contributed by atoms with Crippen LogP contribution in [0.4, 0.5) is 0 Å². The maximum Gasteiger partial charge on any atom is 0.332 e. The minimum Gasteiger partial charge on any atom is -0.493 e. The summed E-state index contributed by atoms with van der Waals surface area (Å²) in [7, 11) is 1.34. The maximum atomic E-state index is 13.4. The van der Waals surface area contributed by atoms with E-state index >= 15 is 0 Å². The number of ether oxygens (including phenoxy) is 6. The van der Waals surface area contributed by atoms with Gasteiger partial charge in [-0.15, -0.1) is 0 Å². The van der Waals surface area contributed by atoms with Crippen LogP contribution in [-0.4, -0.2) is 73.0 Å². The molecule has 1 unspecified atom stereocenters. The van der Waals surface area contributed by atoms with Gasteiger partial charge in [0.05, 0.1) is 13.0 Å². The Balaban J connectivity index is 1.89. The number of benzene rings is 1. The number of rotatable bonds is 10. The lowest BCUT2D eigenvalue weighted by atomic mass is 9.91. The van der Waals surface area contributed by atoms with Gasteiger partial charge in [-0.2, -0.15) is 0 Å². The second-order valence-electron chi connectivity index (χ2n) is 10.1. The van der Waals surface area contributed by atoms with Crippen molar-refractivity contribution in [2.45, 2.75) is 65.6 Å². The molecule has 1 aliphatic rings. The number of carbonyl (C=O) groups excluding carboxylic acids is 5. The van der Waals surface area contributed by atoms with Crippen molar-refractivity contribution >= 4 is 29.8 Å². The van der Waals surface area contributed by atoms with E-state index in [4.69, 9.17) is 28.4 Å². The van der Waals surface area contributed by atoms with Gasteiger partial charge in [-0.1, -0.05) is 44.2 Å². The number of pyridine rings is 1. The topological polar surface area (TPSA) is 166 Å². The van der Waals surface area contributed by atoms with E-state index in [2.05, 4.69) is 10.3 Å². The number of cyclic esters (lactones) is 2. The largest absolute Gasteiger partial charge is 0.493 e. The first-order chi connectivity index (χ1) is 20.4. The lowest BCUT2D eigenvalue weighted by Crippen LogP contribution is -2.47. The van der Waals surface area contributed by atoms with Gasteiger partial charge in [-0.05, 0) is 18.9 Å². The molecule has 1 aromatic carbocycles. The Morgan fingerprint density at radius 2 is 1.77 bits per heavy atom. The minimum absolute atomic E-state index is 0.106. The molecule has 232 valence electrons. The van der Waals surface area contributed by atoms with Crippen molar-refractivity contribution < 1.29 is 52.4 Å². The highest BCUT2D eigenvalue weighted by molar-refractivity contribution is 5.98. The second kappa shape index (κ2) is 15.0. The monoisotopic (exact) mass is 600 g/mol. The van der Waals surface area contributed by atoms with Crippen molar-refractivity contribution in [3.05, 3.63) is 53.9 Å². The molecule has 0 spiro atoms. The van der Waals surface area contributed by atoms with Crippen LogP contribution in [0.15, 0.2) is 42.6 Å². The van der Waals surface area contributed by atoms with Crippen LogP contribution in [0, 0.1) is 11.8 Å². The number of methoxy groups -OCH3 is 1. The zero-order valence-corrected chi connectivity index (χ0v) is 24.9. The molecule has 0 radical (unpaired) electrons. The predicted octanol–water partition coefficient (Wildman–Crippen LogP) is 2.39. The summed E-state index contributed by atoms with van der Waals surface area (Å²) in [5.74, 6) is -5.33. The molecule has 0 aliphatic carbocycles. The van der Waals surface area contributed by atoms with Crippen molar-refractivity contribution in [1.82, 2.24) is 10.3 Å². The van der Waals surface area contributed by atoms with Crippen LogP contribution < -0.4 is 14.8 Å². The van der Waals surface area contributed by atoms with Gasteiger partial charge < -0.3 is 33.7 Å². The summed E-state index contributed by atoms with van der Waals surface area (Å²) < 4.78 is 32.6. The number of hydrogen-bond donors (Lipinski definition) is 1. The predicted molar refractivity (Wildman–Crippen MR) is 149 cm³/mol. The SMILES string of the molecule is COc1ccnc(C(=O)N[C@H]2COC(=O)[C@H](Cc3ccccc3)[C@@H](OC(=O)C(C)C)[C@H](C)OC2=O)c1OC(C)OC(C)=O. The van der Waals surface area contributed by atoms with E-state index in [-0.39, 0.29) is 23.6 Å². The van der Waals surface area contributed by atoms with Crippen LogP contribution in [-0.2, 0) is 44.5 Å². The highest BCUT2D eigenvalue weighted by Crippen LogP contribution is 2.31. The van der Waals surface area contributed by atoms with Gasteiger partial charge in [0.2, 0.25) is 6.29 Å². The molecule has 1 fully saturated rings. The third kappa shape index (κ3) is 8.90. The highest BCUT2D eigenvalue weighted by Gasteiger charge is 2.42. The van der Waals surface area contributed by atoms with Gasteiger partial charge in [0.1, 0.15) is 18.6 Å². The van der Waals surface area contributed by atoms with E-state index in [0.29, 0.717) is 0 Å². The Bertz CT molecular complexity index is 1310. The van der Waals surface area contributed by atoms with E-state index in [9.17, 15) is 24.0 Å². The normalized spacial score (nSPS) is 21.2. The molecule has 0 bridgehead atoms. The molecule has 1 N–H and O–H groups in total. The van der Waals surface area contributed by atoms with Crippen LogP contribution in [0.1, 0.15) is 50.7 Å². The molecule has 1 amide bonds. The van der Waals surface area contributed by atoms with Gasteiger partial charge in [0.25, 0.3) is 5.91 Å². The average Bonchev–Trinajstić information content (AvgIpc) is 2.99. The fraction of sp³-hybridized carbons (Fsp3) is 0.467. The van der Waals surface area contributed by atoms with Gasteiger partial charge in [-0.25, -0.2) is 9.78 Å². The van der Waals surface area contributed by atoms with Gasteiger partial charge in [0.15, 0.2) is 29.3 Å². The number of esters is 4. The standard InChI is InChI=1S/C30H36N2O11/c1-16(2)28(35)43-25-17(3)40-30(37)22(15-39-29(36)21(25)14-20-10-8-7-9-11-20)32-27(34)24-26(23(38-6)12-13-31-24)42-19(5)41-18(4)33/h7-13,16-17,19,21-22,25H,14-15H2,1-6H3,(H,32,34)/t17-,19?,21+,22-,25-/m0/s1. The Labute approximate surface area is 249 Å². The molecule has 2 heterocycles. The fourth-order valence-electron chi connectivity index (χ4n) is 4.27. The quantitative estimate of drug-likeness (QED) is 0.241. The lowest BCUT2D eigenvalue weighted by Gasteiger charge is -2.29. The Morgan fingerprint density at radius 3 is 2.40 bits per heavy atom. The number of hydrogen-bond acceptors (Lipinski definition) is 12. The van der Waals surface area contributed by atoms with E-state index in [1.807, 2.05) is 18.2 Å². The lowest BCUT2D eigenvalue weighted by molar-refractivity contribution is -0.176. The molecule has 1 aromatic heterocycles.